The summed E-state index contributed by atoms with van der Waals surface area (Å²) in [4.78, 5) is 51.0. The molecule has 2 aromatic carbocycles. The molecule has 0 bridgehead atoms. The van der Waals surface area contributed by atoms with Crippen LogP contribution in [0.2, 0.25) is 0 Å². The molecule has 0 heterocycles. The smallest absolute Gasteiger partial charge is 0.417 e. The fourth-order valence-corrected chi connectivity index (χ4v) is 2.95. The number of rotatable bonds is 9. The third-order valence-electron chi connectivity index (χ3n) is 4.64. The van der Waals surface area contributed by atoms with Gasteiger partial charge in [0.15, 0.2) is 0 Å². The Morgan fingerprint density at radius 1 is 0.906 bits per heavy atom. The van der Waals surface area contributed by atoms with E-state index in [2.05, 4.69) is 4.74 Å². The topological polar surface area (TPSA) is 125 Å². The molecule has 0 radical (unpaired) electrons. The molecule has 32 heavy (non-hydrogen) atoms. The molecule has 0 saturated carbocycles. The summed E-state index contributed by atoms with van der Waals surface area (Å²) in [6.45, 7) is 0.165. The number of methoxy groups -OCH3 is 2. The third-order valence-corrected chi connectivity index (χ3v) is 4.64. The highest BCUT2D eigenvalue weighted by molar-refractivity contribution is 6.06. The number of benzene rings is 2. The zero-order valence-corrected chi connectivity index (χ0v) is 18.0. The van der Waals surface area contributed by atoms with Gasteiger partial charge in [0.2, 0.25) is 0 Å². The van der Waals surface area contributed by atoms with E-state index in [1.54, 1.807) is 24.3 Å². The predicted octanol–water partition coefficient (Wildman–Crippen LogP) is 2.53. The van der Waals surface area contributed by atoms with Crippen molar-refractivity contribution in [2.24, 2.45) is 5.73 Å². The molecule has 2 N–H and O–H groups in total. The van der Waals surface area contributed by atoms with E-state index in [4.69, 9.17) is 15.2 Å². The summed E-state index contributed by atoms with van der Waals surface area (Å²) in [5.41, 5.74) is 6.59. The predicted molar refractivity (Wildman–Crippen MR) is 115 cm³/mol. The first-order valence-corrected chi connectivity index (χ1v) is 9.93. The zero-order valence-electron chi connectivity index (χ0n) is 18.0. The van der Waals surface area contributed by atoms with Gasteiger partial charge in [0.25, 0.3) is 5.91 Å². The van der Waals surface area contributed by atoms with Crippen molar-refractivity contribution >= 4 is 23.9 Å². The Kier molecular flexibility index (Phi) is 9.37. The number of amides is 2. The van der Waals surface area contributed by atoms with Crippen LogP contribution in [0.15, 0.2) is 54.6 Å². The third kappa shape index (κ3) is 6.39. The highest BCUT2D eigenvalue weighted by Crippen LogP contribution is 2.18. The monoisotopic (exact) mass is 442 g/mol. The van der Waals surface area contributed by atoms with Gasteiger partial charge in [-0.05, 0) is 49.2 Å². The lowest BCUT2D eigenvalue weighted by Crippen LogP contribution is -2.49. The van der Waals surface area contributed by atoms with Crippen LogP contribution in [0, 0.1) is 0 Å². The molecule has 0 spiro atoms. The highest BCUT2D eigenvalue weighted by atomic mass is 16.6. The number of nitrogens with two attached hydrogens (primary N) is 1. The Bertz CT molecular complexity index is 929. The van der Waals surface area contributed by atoms with Gasteiger partial charge in [-0.15, -0.1) is 0 Å². The van der Waals surface area contributed by atoms with Crippen molar-refractivity contribution in [3.63, 3.8) is 0 Å². The Labute approximate surface area is 186 Å². The van der Waals surface area contributed by atoms with Crippen molar-refractivity contribution in [2.75, 3.05) is 20.8 Å². The Morgan fingerprint density at radius 2 is 1.53 bits per heavy atom. The Balaban J connectivity index is 2.34. The van der Waals surface area contributed by atoms with Gasteiger partial charge in [0.05, 0.1) is 19.8 Å². The van der Waals surface area contributed by atoms with Gasteiger partial charge in [0.1, 0.15) is 12.6 Å². The van der Waals surface area contributed by atoms with E-state index >= 15 is 0 Å². The van der Waals surface area contributed by atoms with Crippen LogP contribution in [-0.2, 0) is 25.6 Å². The maximum Gasteiger partial charge on any atom is 0.417 e. The Morgan fingerprint density at radius 3 is 2.09 bits per heavy atom. The van der Waals surface area contributed by atoms with Crippen LogP contribution in [0.4, 0.5) is 4.79 Å². The molecule has 1 atom stereocenters. The minimum absolute atomic E-state index is 0.0796. The number of ether oxygens (including phenoxy) is 3. The zero-order chi connectivity index (χ0) is 23.5. The van der Waals surface area contributed by atoms with Crippen molar-refractivity contribution in [2.45, 2.75) is 25.5 Å². The number of carbonyl (C=O) groups is 4. The Hall–Kier alpha value is -3.72. The van der Waals surface area contributed by atoms with Gasteiger partial charge in [0, 0.05) is 5.56 Å². The molecule has 0 unspecified atom stereocenters. The van der Waals surface area contributed by atoms with Gasteiger partial charge < -0.3 is 19.9 Å². The molecule has 0 aliphatic rings. The molecular formula is C23H26N2O7. The van der Waals surface area contributed by atoms with E-state index in [9.17, 15) is 19.2 Å². The standard InChI is InChI=1S/C23H26N2O7/c1-30-21(27)18-12-10-17(11-13-18)20(26)25(19(9-6-14-24)22(28)31-2)23(29)32-15-16-7-4-3-5-8-16/h3-5,7-8,10-13,19H,6,9,14-15,24H2,1-2H3/t19-/m0/s1. The van der Waals surface area contributed by atoms with Crippen LogP contribution in [0.5, 0.6) is 0 Å². The van der Waals surface area contributed by atoms with Crippen molar-refractivity contribution in [1.29, 1.82) is 0 Å². The normalized spacial score (nSPS) is 11.2. The minimum Gasteiger partial charge on any atom is -0.467 e. The number of hydrogen-bond donors (Lipinski definition) is 1. The second-order valence-corrected chi connectivity index (χ2v) is 6.75. The molecule has 170 valence electrons. The summed E-state index contributed by atoms with van der Waals surface area (Å²) in [7, 11) is 2.41. The fourth-order valence-electron chi connectivity index (χ4n) is 2.95. The van der Waals surface area contributed by atoms with Crippen LogP contribution in [-0.4, -0.2) is 55.6 Å². The second-order valence-electron chi connectivity index (χ2n) is 6.75. The molecule has 0 aliphatic heterocycles. The van der Waals surface area contributed by atoms with E-state index in [-0.39, 0.29) is 30.7 Å². The molecule has 0 saturated heterocycles. The number of hydrogen-bond acceptors (Lipinski definition) is 8. The SMILES string of the molecule is COC(=O)c1ccc(C(=O)N(C(=O)OCc2ccccc2)[C@@H](CCCN)C(=O)OC)cc1. The summed E-state index contributed by atoms with van der Waals surface area (Å²) in [6, 6.07) is 13.2. The fraction of sp³-hybridized carbons (Fsp3) is 0.304. The number of esters is 2. The van der Waals surface area contributed by atoms with Crippen molar-refractivity contribution in [1.82, 2.24) is 4.90 Å². The van der Waals surface area contributed by atoms with Gasteiger partial charge in [-0.2, -0.15) is 0 Å². The lowest BCUT2D eigenvalue weighted by molar-refractivity contribution is -0.145. The first-order chi connectivity index (χ1) is 15.4. The highest BCUT2D eigenvalue weighted by Gasteiger charge is 2.37. The average Bonchev–Trinajstić information content (AvgIpc) is 2.84. The van der Waals surface area contributed by atoms with E-state index in [1.807, 2.05) is 6.07 Å². The number of nitrogens with zero attached hydrogens (tertiary/aromatic N) is 1. The molecule has 0 aliphatic carbocycles. The quantitative estimate of drug-likeness (QED) is 0.464. The number of carbonyl (C=O) groups excluding carboxylic acids is 4. The van der Waals surface area contributed by atoms with Gasteiger partial charge in [-0.3, -0.25) is 4.79 Å². The summed E-state index contributed by atoms with van der Waals surface area (Å²) in [5, 5.41) is 0. The van der Waals surface area contributed by atoms with Crippen molar-refractivity contribution in [3.8, 4) is 0 Å². The van der Waals surface area contributed by atoms with Gasteiger partial charge in [-0.1, -0.05) is 30.3 Å². The molecule has 2 amide bonds. The average molecular weight is 442 g/mol. The molecule has 2 aromatic rings. The first-order valence-electron chi connectivity index (χ1n) is 9.93. The van der Waals surface area contributed by atoms with Crippen LogP contribution < -0.4 is 5.73 Å². The maximum atomic E-state index is 13.2. The lowest BCUT2D eigenvalue weighted by Gasteiger charge is -2.27. The summed E-state index contributed by atoms with van der Waals surface area (Å²) >= 11 is 0. The summed E-state index contributed by atoms with van der Waals surface area (Å²) in [5.74, 6) is -2.11. The van der Waals surface area contributed by atoms with E-state index in [1.165, 1.54) is 38.5 Å². The first kappa shape index (κ1) is 24.5. The van der Waals surface area contributed by atoms with E-state index in [0.717, 1.165) is 4.90 Å². The van der Waals surface area contributed by atoms with Crippen LogP contribution >= 0.6 is 0 Å². The lowest BCUT2D eigenvalue weighted by atomic mass is 10.1. The van der Waals surface area contributed by atoms with Crippen LogP contribution in [0.1, 0.15) is 39.1 Å². The molecular weight excluding hydrogens is 416 g/mol. The van der Waals surface area contributed by atoms with Crippen LogP contribution in [0.25, 0.3) is 0 Å². The molecule has 0 aromatic heterocycles. The number of imide groups is 1. The van der Waals surface area contributed by atoms with Crippen LogP contribution in [0.3, 0.4) is 0 Å². The van der Waals surface area contributed by atoms with Crippen molar-refractivity contribution in [3.05, 3.63) is 71.3 Å². The van der Waals surface area contributed by atoms with E-state index < -0.39 is 30.0 Å². The van der Waals surface area contributed by atoms with Crippen molar-refractivity contribution < 1.29 is 33.4 Å². The van der Waals surface area contributed by atoms with Gasteiger partial charge in [-0.25, -0.2) is 19.3 Å². The molecule has 2 rings (SSSR count). The van der Waals surface area contributed by atoms with Gasteiger partial charge >= 0.3 is 18.0 Å². The molecule has 9 nitrogen and oxygen atoms in total. The molecule has 0 fully saturated rings. The largest absolute Gasteiger partial charge is 0.467 e. The summed E-state index contributed by atoms with van der Waals surface area (Å²) < 4.78 is 14.8. The maximum absolute atomic E-state index is 13.2. The summed E-state index contributed by atoms with van der Waals surface area (Å²) in [6.07, 6.45) is -0.518. The second kappa shape index (κ2) is 12.2. The minimum atomic E-state index is -1.22. The van der Waals surface area contributed by atoms with E-state index in [0.29, 0.717) is 12.0 Å². The molecule has 9 heteroatoms.